The molecule has 0 radical (unpaired) electrons. The van der Waals surface area contributed by atoms with Crippen molar-refractivity contribution in [2.24, 2.45) is 14.1 Å². The van der Waals surface area contributed by atoms with Crippen LogP contribution in [0.1, 0.15) is 37.4 Å². The van der Waals surface area contributed by atoms with E-state index in [0.717, 1.165) is 53.2 Å². The van der Waals surface area contributed by atoms with Gasteiger partial charge in [0.05, 0.1) is 11.0 Å². The Morgan fingerprint density at radius 2 is 0.967 bits per heavy atom. The van der Waals surface area contributed by atoms with Crippen LogP contribution in [0, 0.1) is 15.0 Å². The molecule has 302 valence electrons. The SMILES string of the molecule is Cn1c(=O)cc(-c2cccc(C#C[Si](C)(C)C)c2)c2cc(C(=O)c3ccc(Cl)cc3)ccc21.Cn1c(=O)cc(-c2cccc(I)c2)c2cc(C(=O)c3ccc(Cl)cc3)ccc21. The molecule has 10 heteroatoms. The number of pyridine rings is 2. The average Bonchev–Trinajstić information content (AvgIpc) is 3.25. The first-order chi connectivity index (χ1) is 29.1. The van der Waals surface area contributed by atoms with Gasteiger partial charge in [0.1, 0.15) is 8.07 Å². The molecule has 0 aliphatic rings. The molecule has 61 heavy (non-hydrogen) atoms. The molecule has 2 aromatic heterocycles. The van der Waals surface area contributed by atoms with Gasteiger partial charge in [-0.1, -0.05) is 73.0 Å². The summed E-state index contributed by atoms with van der Waals surface area (Å²) in [7, 11) is 1.97. The summed E-state index contributed by atoms with van der Waals surface area (Å²) in [5, 5.41) is 2.88. The molecule has 0 amide bonds. The Balaban J connectivity index is 0.000000186. The van der Waals surface area contributed by atoms with Gasteiger partial charge in [-0.25, -0.2) is 0 Å². The molecule has 6 nitrogen and oxygen atoms in total. The molecular weight excluding hydrogens is 930 g/mol. The Hall–Kier alpha value is -5.83. The van der Waals surface area contributed by atoms with Crippen molar-refractivity contribution in [1.82, 2.24) is 9.13 Å². The van der Waals surface area contributed by atoms with E-state index >= 15 is 0 Å². The number of carbonyl (C=O) groups excluding carboxylic acids is 2. The minimum absolute atomic E-state index is 0.0824. The zero-order valence-electron chi connectivity index (χ0n) is 34.0. The first-order valence-electron chi connectivity index (χ1n) is 19.3. The maximum Gasteiger partial charge on any atom is 0.251 e. The second kappa shape index (κ2) is 18.0. The highest BCUT2D eigenvalue weighted by molar-refractivity contribution is 14.1. The number of hydrogen-bond donors (Lipinski definition) is 0. The Morgan fingerprint density at radius 1 is 0.541 bits per heavy atom. The number of rotatable bonds is 6. The Labute approximate surface area is 378 Å². The zero-order valence-corrected chi connectivity index (χ0v) is 38.7. The summed E-state index contributed by atoms with van der Waals surface area (Å²) < 4.78 is 4.28. The van der Waals surface area contributed by atoms with Crippen molar-refractivity contribution in [3.8, 4) is 33.7 Å². The van der Waals surface area contributed by atoms with Crippen molar-refractivity contribution in [1.29, 1.82) is 0 Å². The first kappa shape index (κ1) is 43.3. The third kappa shape index (κ3) is 9.88. The molecule has 6 aromatic carbocycles. The van der Waals surface area contributed by atoms with E-state index in [1.807, 2.05) is 72.8 Å². The highest BCUT2D eigenvalue weighted by Crippen LogP contribution is 2.31. The van der Waals surface area contributed by atoms with Gasteiger partial charge in [0.25, 0.3) is 11.1 Å². The van der Waals surface area contributed by atoms with Crippen molar-refractivity contribution in [3.05, 3.63) is 208 Å². The first-order valence-corrected chi connectivity index (χ1v) is 24.7. The van der Waals surface area contributed by atoms with Crippen molar-refractivity contribution in [3.63, 3.8) is 0 Å². The van der Waals surface area contributed by atoms with E-state index in [0.29, 0.717) is 32.3 Å². The summed E-state index contributed by atoms with van der Waals surface area (Å²) in [6.07, 6.45) is 0. The molecule has 8 aromatic rings. The predicted molar refractivity (Wildman–Crippen MR) is 262 cm³/mol. The molecule has 0 saturated carbocycles. The van der Waals surface area contributed by atoms with Crippen LogP contribution in [-0.4, -0.2) is 28.8 Å². The fraction of sp³-hybridized carbons (Fsp3) is 0.0980. The number of aromatic nitrogens is 2. The van der Waals surface area contributed by atoms with E-state index in [1.165, 1.54) is 0 Å². The average molecular weight is 970 g/mol. The van der Waals surface area contributed by atoms with Gasteiger partial charge in [-0.3, -0.25) is 19.2 Å². The van der Waals surface area contributed by atoms with E-state index < -0.39 is 8.07 Å². The number of halogens is 3. The second-order valence-electron chi connectivity index (χ2n) is 15.6. The van der Waals surface area contributed by atoms with Crippen molar-refractivity contribution >= 4 is 87.2 Å². The van der Waals surface area contributed by atoms with E-state index in [2.05, 4.69) is 53.7 Å². The summed E-state index contributed by atoms with van der Waals surface area (Å²) in [5.41, 5.74) is 11.4. The maximum atomic E-state index is 13.1. The van der Waals surface area contributed by atoms with E-state index in [-0.39, 0.29) is 22.7 Å². The highest BCUT2D eigenvalue weighted by atomic mass is 127. The standard InChI is InChI=1S/C28H24ClNO2Si.C23H15ClINO2/c1-30-26-13-10-22(28(32)20-8-11-23(29)12-9-20)17-25(26)24(18-27(30)31)21-7-5-6-19(16-21)14-15-33(2,3)4;1-26-21-10-7-16(23(28)14-5-8-17(24)9-6-14)12-20(21)19(13-22(26)27)15-3-2-4-18(25)11-15/h5-13,16-18H,1-4H3;2-13H,1H3. The van der Waals surface area contributed by atoms with Gasteiger partial charge in [-0.05, 0) is 154 Å². The number of nitrogens with zero attached hydrogens (tertiary/aromatic N) is 2. The lowest BCUT2D eigenvalue weighted by Gasteiger charge is -2.12. The molecule has 0 fully saturated rings. The molecule has 0 bridgehead atoms. The number of aryl methyl sites for hydroxylation is 2. The summed E-state index contributed by atoms with van der Waals surface area (Å²) in [4.78, 5) is 51.2. The van der Waals surface area contributed by atoms with Gasteiger partial charge < -0.3 is 9.13 Å². The van der Waals surface area contributed by atoms with Crippen molar-refractivity contribution in [2.75, 3.05) is 0 Å². The smallest absolute Gasteiger partial charge is 0.251 e. The monoisotopic (exact) mass is 968 g/mol. The second-order valence-corrected chi connectivity index (χ2v) is 22.5. The molecule has 0 atom stereocenters. The molecule has 8 rings (SSSR count). The fourth-order valence-electron chi connectivity index (χ4n) is 6.90. The molecular formula is C51H39Cl2IN2O4Si. The minimum Gasteiger partial charge on any atom is -0.311 e. The Bertz CT molecular complexity index is 3210. The summed E-state index contributed by atoms with van der Waals surface area (Å²) in [5.74, 6) is 3.11. The van der Waals surface area contributed by atoms with Crippen LogP contribution in [0.15, 0.2) is 155 Å². The van der Waals surface area contributed by atoms with Crippen molar-refractivity contribution in [2.45, 2.75) is 19.6 Å². The molecule has 0 saturated heterocycles. The van der Waals surface area contributed by atoms with Gasteiger partial charge in [-0.15, -0.1) is 5.54 Å². The van der Waals surface area contributed by atoms with Gasteiger partial charge in [0.15, 0.2) is 11.6 Å². The summed E-state index contributed by atoms with van der Waals surface area (Å²) in [6.45, 7) is 6.62. The van der Waals surface area contributed by atoms with E-state index in [4.69, 9.17) is 23.2 Å². The van der Waals surface area contributed by atoms with Crippen LogP contribution in [0.5, 0.6) is 0 Å². The molecule has 0 aliphatic heterocycles. The molecule has 0 N–H and O–H groups in total. The number of ketones is 2. The van der Waals surface area contributed by atoms with Crippen LogP contribution in [-0.2, 0) is 14.1 Å². The topological polar surface area (TPSA) is 78.1 Å². The third-order valence-electron chi connectivity index (χ3n) is 10.1. The van der Waals surface area contributed by atoms with Crippen LogP contribution < -0.4 is 11.1 Å². The van der Waals surface area contributed by atoms with Gasteiger partial charge >= 0.3 is 0 Å². The molecule has 2 heterocycles. The third-order valence-corrected chi connectivity index (χ3v) is 12.2. The molecule has 0 aliphatic carbocycles. The molecule has 0 unspecified atom stereocenters. The van der Waals surface area contributed by atoms with E-state index in [1.54, 1.807) is 96.0 Å². The van der Waals surface area contributed by atoms with Crippen LogP contribution in [0.3, 0.4) is 0 Å². The fourth-order valence-corrected chi connectivity index (χ4v) is 8.21. The number of benzene rings is 6. The van der Waals surface area contributed by atoms with Crippen LogP contribution in [0.4, 0.5) is 0 Å². The predicted octanol–water partition coefficient (Wildman–Crippen LogP) is 12.0. The summed E-state index contributed by atoms with van der Waals surface area (Å²) in [6, 6.07) is 43.8. The number of carbonyl (C=O) groups is 2. The van der Waals surface area contributed by atoms with Gasteiger partial charge in [0, 0.05) is 78.4 Å². The Morgan fingerprint density at radius 3 is 1.41 bits per heavy atom. The highest BCUT2D eigenvalue weighted by Gasteiger charge is 2.17. The summed E-state index contributed by atoms with van der Waals surface area (Å²) >= 11 is 14.2. The minimum atomic E-state index is -1.51. The quantitative estimate of drug-likeness (QED) is 0.0720. The van der Waals surface area contributed by atoms with Crippen LogP contribution in [0.2, 0.25) is 29.7 Å². The van der Waals surface area contributed by atoms with Gasteiger partial charge in [0.2, 0.25) is 0 Å². The lowest BCUT2D eigenvalue weighted by atomic mass is 9.96. The lowest BCUT2D eigenvalue weighted by Crippen LogP contribution is -2.16. The lowest BCUT2D eigenvalue weighted by molar-refractivity contribution is 0.103. The van der Waals surface area contributed by atoms with Crippen LogP contribution >= 0.6 is 45.8 Å². The number of hydrogen-bond acceptors (Lipinski definition) is 4. The largest absolute Gasteiger partial charge is 0.311 e. The molecule has 0 spiro atoms. The van der Waals surface area contributed by atoms with Crippen LogP contribution in [0.25, 0.3) is 44.1 Å². The Kier molecular flexibility index (Phi) is 12.8. The number of fused-ring (bicyclic) bond motifs is 2. The van der Waals surface area contributed by atoms with E-state index in [9.17, 15) is 19.2 Å². The maximum absolute atomic E-state index is 13.1. The normalized spacial score (nSPS) is 11.1. The van der Waals surface area contributed by atoms with Crippen molar-refractivity contribution < 1.29 is 9.59 Å². The van der Waals surface area contributed by atoms with Gasteiger partial charge in [-0.2, -0.15) is 0 Å². The zero-order chi connectivity index (χ0) is 43.6.